The van der Waals surface area contributed by atoms with Crippen molar-refractivity contribution in [3.05, 3.63) is 11.8 Å². The van der Waals surface area contributed by atoms with Gasteiger partial charge in [0.2, 0.25) is 0 Å². The van der Waals surface area contributed by atoms with Crippen LogP contribution in [0.25, 0.3) is 0 Å². The molecular formula is C8H5F6NO3. The van der Waals surface area contributed by atoms with Crippen molar-refractivity contribution < 1.29 is 40.9 Å². The van der Waals surface area contributed by atoms with Gasteiger partial charge in [-0.1, -0.05) is 0 Å². The van der Waals surface area contributed by atoms with Crippen molar-refractivity contribution in [2.75, 3.05) is 7.11 Å². The van der Waals surface area contributed by atoms with Crippen molar-refractivity contribution >= 4 is 0 Å². The largest absolute Gasteiger partial charge is 0.573 e. The number of nitrogens with zero attached hydrogens (tertiary/aromatic N) is 1. The molecule has 0 radical (unpaired) electrons. The molecule has 1 heterocycles. The Bertz CT molecular complexity index is 442. The minimum Gasteiger partial charge on any atom is -0.506 e. The lowest BCUT2D eigenvalue weighted by molar-refractivity contribution is -0.275. The summed E-state index contributed by atoms with van der Waals surface area (Å²) >= 11 is 0. The summed E-state index contributed by atoms with van der Waals surface area (Å²) in [6, 6.07) is 0.127. The molecule has 0 atom stereocenters. The fraction of sp³-hybridized carbons (Fsp3) is 0.375. The van der Waals surface area contributed by atoms with E-state index in [0.29, 0.717) is 0 Å². The summed E-state index contributed by atoms with van der Waals surface area (Å²) in [5, 5.41) is 8.96. The monoisotopic (exact) mass is 277 g/mol. The average Bonchev–Trinajstić information content (AvgIpc) is 2.13. The van der Waals surface area contributed by atoms with Gasteiger partial charge in [-0.15, -0.1) is 13.2 Å². The number of methoxy groups -OCH3 is 1. The normalized spacial score (nSPS) is 12.4. The lowest BCUT2D eigenvalue weighted by Crippen LogP contribution is -2.18. The highest BCUT2D eigenvalue weighted by Gasteiger charge is 2.39. The van der Waals surface area contributed by atoms with Gasteiger partial charge in [0.05, 0.1) is 7.11 Å². The van der Waals surface area contributed by atoms with E-state index in [4.69, 9.17) is 5.11 Å². The molecule has 0 saturated heterocycles. The van der Waals surface area contributed by atoms with Crippen LogP contribution in [-0.4, -0.2) is 23.6 Å². The van der Waals surface area contributed by atoms with E-state index in [2.05, 4.69) is 14.5 Å². The number of pyridine rings is 1. The molecule has 0 saturated carbocycles. The lowest BCUT2D eigenvalue weighted by Gasteiger charge is -2.14. The molecule has 1 rings (SSSR count). The third-order valence-electron chi connectivity index (χ3n) is 1.62. The summed E-state index contributed by atoms with van der Waals surface area (Å²) in [5.41, 5.74) is -1.77. The molecular weight excluding hydrogens is 272 g/mol. The SMILES string of the molecule is COc1nc(C(F)(F)F)c(O)cc1OC(F)(F)F. The second-order valence-electron chi connectivity index (χ2n) is 2.91. The van der Waals surface area contributed by atoms with Crippen LogP contribution in [0.3, 0.4) is 0 Å². The van der Waals surface area contributed by atoms with Crippen molar-refractivity contribution in [2.45, 2.75) is 12.5 Å². The molecule has 0 aliphatic rings. The summed E-state index contributed by atoms with van der Waals surface area (Å²) in [5.74, 6) is -3.71. The molecule has 0 bridgehead atoms. The first-order chi connectivity index (χ1) is 8.04. The van der Waals surface area contributed by atoms with Crippen LogP contribution in [0, 0.1) is 0 Å². The Hall–Kier alpha value is -1.87. The van der Waals surface area contributed by atoms with E-state index >= 15 is 0 Å². The Morgan fingerprint density at radius 3 is 2.11 bits per heavy atom. The van der Waals surface area contributed by atoms with Gasteiger partial charge in [-0.3, -0.25) is 0 Å². The highest BCUT2D eigenvalue weighted by atomic mass is 19.4. The number of aromatic nitrogens is 1. The maximum atomic E-state index is 12.3. The van der Waals surface area contributed by atoms with Crippen molar-refractivity contribution in [1.29, 1.82) is 0 Å². The molecule has 0 aliphatic heterocycles. The number of halogens is 6. The Labute approximate surface area is 95.8 Å². The maximum Gasteiger partial charge on any atom is 0.573 e. The zero-order chi connectivity index (χ0) is 14.1. The van der Waals surface area contributed by atoms with Gasteiger partial charge >= 0.3 is 12.5 Å². The van der Waals surface area contributed by atoms with E-state index in [1.165, 1.54) is 0 Å². The number of rotatable bonds is 2. The molecule has 0 aromatic carbocycles. The van der Waals surface area contributed by atoms with E-state index in [9.17, 15) is 26.3 Å². The highest BCUT2D eigenvalue weighted by molar-refractivity contribution is 5.43. The summed E-state index contributed by atoms with van der Waals surface area (Å²) in [6.07, 6.45) is -10.2. The van der Waals surface area contributed by atoms with Crippen LogP contribution in [0.2, 0.25) is 0 Å². The predicted molar refractivity (Wildman–Crippen MR) is 44.1 cm³/mol. The standard InChI is InChI=1S/C8H5F6NO3/c1-17-6-4(18-8(12,13)14)2-3(16)5(15-6)7(9,10)11/h2,16H,1H3. The molecule has 0 unspecified atom stereocenters. The Morgan fingerprint density at radius 2 is 1.72 bits per heavy atom. The fourth-order valence-corrected chi connectivity index (χ4v) is 1.02. The fourth-order valence-electron chi connectivity index (χ4n) is 1.02. The molecule has 0 spiro atoms. The maximum absolute atomic E-state index is 12.3. The van der Waals surface area contributed by atoms with E-state index in [1.807, 2.05) is 0 Å². The van der Waals surface area contributed by atoms with Gasteiger partial charge in [0, 0.05) is 6.07 Å². The minimum absolute atomic E-state index is 0.127. The van der Waals surface area contributed by atoms with E-state index in [0.717, 1.165) is 7.11 Å². The smallest absolute Gasteiger partial charge is 0.506 e. The van der Waals surface area contributed by atoms with Gasteiger partial charge in [-0.2, -0.15) is 13.2 Å². The molecule has 102 valence electrons. The zero-order valence-electron chi connectivity index (χ0n) is 8.56. The van der Waals surface area contributed by atoms with Crippen molar-refractivity contribution in [3.8, 4) is 17.4 Å². The number of hydrogen-bond donors (Lipinski definition) is 1. The van der Waals surface area contributed by atoms with Gasteiger partial charge in [-0.25, -0.2) is 4.98 Å². The Balaban J connectivity index is 3.28. The number of aromatic hydroxyl groups is 1. The Kier molecular flexibility index (Phi) is 3.49. The van der Waals surface area contributed by atoms with Crippen LogP contribution in [-0.2, 0) is 6.18 Å². The van der Waals surface area contributed by atoms with Crippen LogP contribution in [0.5, 0.6) is 17.4 Å². The van der Waals surface area contributed by atoms with Crippen LogP contribution < -0.4 is 9.47 Å². The van der Waals surface area contributed by atoms with E-state index in [-0.39, 0.29) is 6.07 Å². The van der Waals surface area contributed by atoms with Crippen molar-refractivity contribution in [1.82, 2.24) is 4.98 Å². The van der Waals surface area contributed by atoms with Crippen LogP contribution in [0.4, 0.5) is 26.3 Å². The first kappa shape index (κ1) is 14.2. The average molecular weight is 277 g/mol. The zero-order valence-corrected chi connectivity index (χ0v) is 8.56. The molecule has 0 fully saturated rings. The number of ether oxygens (including phenoxy) is 2. The number of alkyl halides is 6. The van der Waals surface area contributed by atoms with Crippen LogP contribution in [0.1, 0.15) is 5.69 Å². The summed E-state index contributed by atoms with van der Waals surface area (Å²) in [4.78, 5) is 2.72. The molecule has 1 aromatic rings. The van der Waals surface area contributed by atoms with Crippen molar-refractivity contribution in [2.24, 2.45) is 0 Å². The third kappa shape index (κ3) is 3.31. The Morgan fingerprint density at radius 1 is 1.17 bits per heavy atom. The summed E-state index contributed by atoms with van der Waals surface area (Å²) in [6.45, 7) is 0. The summed E-state index contributed by atoms with van der Waals surface area (Å²) in [7, 11) is 0.808. The van der Waals surface area contributed by atoms with Gasteiger partial charge < -0.3 is 14.6 Å². The molecule has 10 heteroatoms. The summed E-state index contributed by atoms with van der Waals surface area (Å²) < 4.78 is 80.2. The molecule has 1 aromatic heterocycles. The highest BCUT2D eigenvalue weighted by Crippen LogP contribution is 2.40. The van der Waals surface area contributed by atoms with Crippen molar-refractivity contribution in [3.63, 3.8) is 0 Å². The van der Waals surface area contributed by atoms with Crippen LogP contribution >= 0.6 is 0 Å². The second kappa shape index (κ2) is 4.42. The topological polar surface area (TPSA) is 51.6 Å². The van der Waals surface area contributed by atoms with Gasteiger partial charge in [-0.05, 0) is 0 Å². The number of hydrogen-bond acceptors (Lipinski definition) is 4. The first-order valence-electron chi connectivity index (χ1n) is 4.15. The van der Waals surface area contributed by atoms with Crippen LogP contribution in [0.15, 0.2) is 6.07 Å². The third-order valence-corrected chi connectivity index (χ3v) is 1.62. The molecule has 0 amide bonds. The lowest BCUT2D eigenvalue weighted by atomic mass is 10.3. The van der Waals surface area contributed by atoms with E-state index < -0.39 is 35.6 Å². The van der Waals surface area contributed by atoms with E-state index in [1.54, 1.807) is 0 Å². The molecule has 1 N–H and O–H groups in total. The second-order valence-corrected chi connectivity index (χ2v) is 2.91. The van der Waals surface area contributed by atoms with Gasteiger partial charge in [0.15, 0.2) is 11.4 Å². The quantitative estimate of drug-likeness (QED) is 0.844. The van der Waals surface area contributed by atoms with Gasteiger partial charge in [0.25, 0.3) is 5.88 Å². The molecule has 18 heavy (non-hydrogen) atoms. The first-order valence-corrected chi connectivity index (χ1v) is 4.15. The predicted octanol–water partition coefficient (Wildman–Crippen LogP) is 2.71. The molecule has 4 nitrogen and oxygen atoms in total. The van der Waals surface area contributed by atoms with Gasteiger partial charge in [0.1, 0.15) is 5.75 Å². The molecule has 0 aliphatic carbocycles. The minimum atomic E-state index is -5.15.